The van der Waals surface area contributed by atoms with E-state index in [0.29, 0.717) is 23.9 Å². The highest BCUT2D eigenvalue weighted by molar-refractivity contribution is 9.10. The summed E-state index contributed by atoms with van der Waals surface area (Å²) >= 11 is 5.13. The Morgan fingerprint density at radius 1 is 1.16 bits per heavy atom. The number of nitrogens with zero attached hydrogens (tertiary/aromatic N) is 2. The van der Waals surface area contributed by atoms with Gasteiger partial charge in [0.15, 0.2) is 17.3 Å². The summed E-state index contributed by atoms with van der Waals surface area (Å²) in [6, 6.07) is 13.9. The number of halogens is 1. The van der Waals surface area contributed by atoms with Crippen molar-refractivity contribution in [2.45, 2.75) is 11.4 Å². The molecule has 1 aliphatic rings. The molecule has 25 heavy (non-hydrogen) atoms. The molecular formula is C19H15BrN2O2S. The van der Waals surface area contributed by atoms with Crippen molar-refractivity contribution >= 4 is 27.7 Å². The van der Waals surface area contributed by atoms with Gasteiger partial charge in [-0.25, -0.2) is 4.98 Å². The van der Waals surface area contributed by atoms with Crippen LogP contribution in [0.4, 0.5) is 0 Å². The maximum atomic E-state index is 6.15. The van der Waals surface area contributed by atoms with Crippen LogP contribution in [0.1, 0.15) is 11.1 Å². The van der Waals surface area contributed by atoms with Gasteiger partial charge in [0.1, 0.15) is 5.03 Å². The molecule has 6 heteroatoms. The van der Waals surface area contributed by atoms with Crippen molar-refractivity contribution < 1.29 is 9.47 Å². The van der Waals surface area contributed by atoms with E-state index in [1.165, 1.54) is 0 Å². The third kappa shape index (κ3) is 3.00. The highest BCUT2D eigenvalue weighted by Gasteiger charge is 2.26. The third-order valence-corrected chi connectivity index (χ3v) is 5.22. The maximum Gasteiger partial charge on any atom is 0.227 e. The Labute approximate surface area is 158 Å². The predicted molar refractivity (Wildman–Crippen MR) is 103 cm³/mol. The summed E-state index contributed by atoms with van der Waals surface area (Å²) in [7, 11) is 1.64. The zero-order valence-electron chi connectivity index (χ0n) is 13.7. The summed E-state index contributed by atoms with van der Waals surface area (Å²) in [5, 5.41) is 0.938. The van der Waals surface area contributed by atoms with E-state index in [4.69, 9.17) is 14.5 Å². The lowest BCUT2D eigenvalue weighted by Crippen LogP contribution is -2.10. The number of benzene rings is 2. The van der Waals surface area contributed by atoms with Crippen LogP contribution in [-0.2, 0) is 6.42 Å². The molecule has 2 heterocycles. The molecule has 0 saturated carbocycles. The van der Waals surface area contributed by atoms with E-state index < -0.39 is 0 Å². The number of aromatic nitrogens is 2. The number of hydrogen-bond acceptors (Lipinski definition) is 5. The van der Waals surface area contributed by atoms with Gasteiger partial charge < -0.3 is 9.47 Å². The van der Waals surface area contributed by atoms with Crippen molar-refractivity contribution in [2.24, 2.45) is 0 Å². The molecule has 4 nitrogen and oxygen atoms in total. The van der Waals surface area contributed by atoms with Gasteiger partial charge in [0, 0.05) is 22.0 Å². The number of hydrogen-bond donors (Lipinski definition) is 0. The van der Waals surface area contributed by atoms with Gasteiger partial charge >= 0.3 is 0 Å². The Balaban J connectivity index is 1.85. The van der Waals surface area contributed by atoms with Crippen LogP contribution in [-0.4, -0.2) is 23.3 Å². The fourth-order valence-electron chi connectivity index (χ4n) is 2.87. The standard InChI is InChI=1S/C19H15BrN2O2S/c1-23-15-10-13(20)8-12-9-14-18(24-16(12)15)21-17(22-19(14)25-2)11-6-4-3-5-7-11/h3-8,10H,9H2,1-2H3. The molecule has 0 saturated heterocycles. The van der Waals surface area contributed by atoms with Crippen LogP contribution in [0.3, 0.4) is 0 Å². The van der Waals surface area contributed by atoms with Crippen LogP contribution in [0, 0.1) is 0 Å². The minimum atomic E-state index is 0.603. The highest BCUT2D eigenvalue weighted by Crippen LogP contribution is 2.45. The molecule has 1 aromatic heterocycles. The molecule has 0 aliphatic carbocycles. The topological polar surface area (TPSA) is 44.2 Å². The Bertz CT molecular complexity index is 948. The number of ether oxygens (including phenoxy) is 2. The summed E-state index contributed by atoms with van der Waals surface area (Å²) in [6.07, 6.45) is 2.74. The lowest BCUT2D eigenvalue weighted by Gasteiger charge is -2.23. The van der Waals surface area contributed by atoms with Crippen LogP contribution >= 0.6 is 27.7 Å². The largest absolute Gasteiger partial charge is 0.493 e. The van der Waals surface area contributed by atoms with Crippen LogP contribution < -0.4 is 9.47 Å². The third-order valence-electron chi connectivity index (χ3n) is 4.04. The summed E-state index contributed by atoms with van der Waals surface area (Å²) in [5.41, 5.74) is 3.04. The van der Waals surface area contributed by atoms with E-state index in [-0.39, 0.29) is 0 Å². The van der Waals surface area contributed by atoms with Gasteiger partial charge in [0.2, 0.25) is 5.88 Å². The molecule has 126 valence electrons. The zero-order valence-corrected chi connectivity index (χ0v) is 16.1. The van der Waals surface area contributed by atoms with Crippen LogP contribution in [0.25, 0.3) is 11.4 Å². The molecule has 4 rings (SSSR count). The number of methoxy groups -OCH3 is 1. The van der Waals surface area contributed by atoms with E-state index in [1.54, 1.807) is 18.9 Å². The van der Waals surface area contributed by atoms with Gasteiger partial charge in [-0.15, -0.1) is 11.8 Å². The summed E-state index contributed by atoms with van der Waals surface area (Å²) in [4.78, 5) is 9.42. The SMILES string of the molecule is COc1cc(Br)cc2c1Oc1nc(-c3ccccc3)nc(SC)c1C2. The number of thioether (sulfide) groups is 1. The first kappa shape index (κ1) is 16.4. The van der Waals surface area contributed by atoms with E-state index in [1.807, 2.05) is 42.7 Å². The molecule has 0 fully saturated rings. The molecule has 0 radical (unpaired) electrons. The van der Waals surface area contributed by atoms with Gasteiger partial charge in [-0.1, -0.05) is 46.3 Å². The molecule has 0 unspecified atom stereocenters. The normalized spacial score (nSPS) is 12.1. The molecular weight excluding hydrogens is 400 g/mol. The molecule has 2 aromatic carbocycles. The van der Waals surface area contributed by atoms with Crippen molar-refractivity contribution in [1.29, 1.82) is 0 Å². The van der Waals surface area contributed by atoms with Crippen molar-refractivity contribution in [2.75, 3.05) is 13.4 Å². The highest BCUT2D eigenvalue weighted by atomic mass is 79.9. The molecule has 1 aliphatic heterocycles. The van der Waals surface area contributed by atoms with Gasteiger partial charge in [-0.3, -0.25) is 0 Å². The van der Waals surface area contributed by atoms with Gasteiger partial charge in [-0.2, -0.15) is 4.98 Å². The second kappa shape index (κ2) is 6.69. The van der Waals surface area contributed by atoms with Crippen molar-refractivity contribution in [3.63, 3.8) is 0 Å². The van der Waals surface area contributed by atoms with Crippen molar-refractivity contribution in [1.82, 2.24) is 9.97 Å². The summed E-state index contributed by atoms with van der Waals surface area (Å²) in [6.45, 7) is 0. The predicted octanol–water partition coefficient (Wildman–Crippen LogP) is 5.33. The quantitative estimate of drug-likeness (QED) is 0.334. The first-order chi connectivity index (χ1) is 12.2. The van der Waals surface area contributed by atoms with Crippen molar-refractivity contribution in [3.8, 4) is 28.8 Å². The molecule has 0 amide bonds. The van der Waals surface area contributed by atoms with Crippen LogP contribution in [0.2, 0.25) is 0 Å². The Morgan fingerprint density at radius 2 is 1.96 bits per heavy atom. The second-order valence-corrected chi connectivity index (χ2v) is 7.29. The van der Waals surface area contributed by atoms with E-state index in [0.717, 1.165) is 31.9 Å². The van der Waals surface area contributed by atoms with Gasteiger partial charge in [-0.05, 0) is 18.4 Å². The summed E-state index contributed by atoms with van der Waals surface area (Å²) in [5.74, 6) is 2.69. The average Bonchev–Trinajstić information content (AvgIpc) is 2.65. The molecule has 0 N–H and O–H groups in total. The second-order valence-electron chi connectivity index (χ2n) is 5.58. The van der Waals surface area contributed by atoms with E-state index in [2.05, 4.69) is 27.0 Å². The number of rotatable bonds is 3. The molecule has 0 spiro atoms. The lowest BCUT2D eigenvalue weighted by molar-refractivity contribution is 0.364. The Morgan fingerprint density at radius 3 is 2.68 bits per heavy atom. The van der Waals surface area contributed by atoms with E-state index in [9.17, 15) is 0 Å². The first-order valence-corrected chi connectivity index (χ1v) is 9.76. The summed E-state index contributed by atoms with van der Waals surface area (Å²) < 4.78 is 12.6. The lowest BCUT2D eigenvalue weighted by atomic mass is 10.0. The average molecular weight is 415 g/mol. The number of fused-ring (bicyclic) bond motifs is 2. The monoisotopic (exact) mass is 414 g/mol. The maximum absolute atomic E-state index is 6.15. The van der Waals surface area contributed by atoms with Crippen molar-refractivity contribution in [3.05, 3.63) is 58.1 Å². The Hall–Kier alpha value is -2.05. The fraction of sp³-hybridized carbons (Fsp3) is 0.158. The first-order valence-electron chi connectivity index (χ1n) is 7.74. The fourth-order valence-corrected chi connectivity index (χ4v) is 3.94. The smallest absolute Gasteiger partial charge is 0.227 e. The zero-order chi connectivity index (χ0) is 17.4. The van der Waals surface area contributed by atoms with Crippen LogP contribution in [0.15, 0.2) is 52.0 Å². The molecule has 0 atom stereocenters. The molecule has 0 bridgehead atoms. The van der Waals surface area contributed by atoms with Gasteiger partial charge in [0.25, 0.3) is 0 Å². The minimum Gasteiger partial charge on any atom is -0.493 e. The van der Waals surface area contributed by atoms with Gasteiger partial charge in [0.05, 0.1) is 12.7 Å². The van der Waals surface area contributed by atoms with E-state index >= 15 is 0 Å². The minimum absolute atomic E-state index is 0.603. The Kier molecular flexibility index (Phi) is 4.39. The molecule has 3 aromatic rings. The van der Waals surface area contributed by atoms with Crippen LogP contribution in [0.5, 0.6) is 17.4 Å².